The van der Waals surface area contributed by atoms with Crippen molar-refractivity contribution in [1.29, 1.82) is 0 Å². The highest BCUT2D eigenvalue weighted by Crippen LogP contribution is 2.72. The van der Waals surface area contributed by atoms with Crippen molar-refractivity contribution in [2.45, 2.75) is 136 Å². The van der Waals surface area contributed by atoms with Crippen LogP contribution in [0.15, 0.2) is 72.3 Å². The molecule has 392 valence electrons. The number of aliphatic hydroxyl groups excluding tert-OH is 2. The smallest absolute Gasteiger partial charge is 0.461 e. The number of fused-ring (bicyclic) bond motifs is 5. The van der Waals surface area contributed by atoms with Crippen LogP contribution in [0.5, 0.6) is 5.75 Å². The molecule has 1 unspecified atom stereocenters. The van der Waals surface area contributed by atoms with Gasteiger partial charge in [-0.15, -0.1) is 0 Å². The average molecular weight is 1030 g/mol. The van der Waals surface area contributed by atoms with Gasteiger partial charge in [0.05, 0.1) is 12.7 Å². The van der Waals surface area contributed by atoms with Crippen molar-refractivity contribution in [1.82, 2.24) is 5.32 Å². The molecule has 4 aliphatic carbocycles. The SMILES string of the molecule is CCC(=O)O[C@@H]1[C@H](C)C[C@H]2[C@@H]3C[C@H](F)C4=CC(=O)C=C[C@]4(C)[C@@]3(C)[C@@H](OC(=O)OCCSSCCOC(=O)Oc3ccc(C(O)CNCCCCCOCCCCCc4ccccc4)cc3CO)C[C@]12C. The van der Waals surface area contributed by atoms with Crippen LogP contribution in [0.3, 0.4) is 0 Å². The highest BCUT2D eigenvalue weighted by Gasteiger charge is 2.71. The maximum absolute atomic E-state index is 16.2. The van der Waals surface area contributed by atoms with Gasteiger partial charge in [0.2, 0.25) is 0 Å². The Morgan fingerprint density at radius 1 is 0.873 bits per heavy atom. The van der Waals surface area contributed by atoms with Crippen LogP contribution in [-0.4, -0.2) is 104 Å². The maximum Gasteiger partial charge on any atom is 0.513 e. The molecule has 71 heavy (non-hydrogen) atoms. The zero-order valence-electron chi connectivity index (χ0n) is 42.2. The van der Waals surface area contributed by atoms with Crippen molar-refractivity contribution in [2.75, 3.05) is 51.0 Å². The van der Waals surface area contributed by atoms with Crippen molar-refractivity contribution < 1.29 is 62.2 Å². The van der Waals surface area contributed by atoms with E-state index in [1.54, 1.807) is 25.1 Å². The summed E-state index contributed by atoms with van der Waals surface area (Å²) in [5, 5.41) is 24.1. The van der Waals surface area contributed by atoms with E-state index in [0.717, 1.165) is 64.7 Å². The fourth-order valence-corrected chi connectivity index (χ4v) is 13.4. The van der Waals surface area contributed by atoms with E-state index in [-0.39, 0.29) is 61.3 Å². The second kappa shape index (κ2) is 26.9. The third-order valence-electron chi connectivity index (χ3n) is 15.6. The predicted octanol–water partition coefficient (Wildman–Crippen LogP) is 10.6. The van der Waals surface area contributed by atoms with Gasteiger partial charge in [0.1, 0.15) is 37.3 Å². The van der Waals surface area contributed by atoms with Crippen LogP contribution in [-0.2, 0) is 46.3 Å². The number of ketones is 1. The Bertz CT molecular complexity index is 2140. The molecule has 0 bridgehead atoms. The Hall–Kier alpha value is -3.93. The van der Waals surface area contributed by atoms with Gasteiger partial charge in [0.25, 0.3) is 0 Å². The molecule has 2 aromatic rings. The molecule has 16 heteroatoms. The van der Waals surface area contributed by atoms with Crippen molar-refractivity contribution in [2.24, 2.45) is 34.0 Å². The summed E-state index contributed by atoms with van der Waals surface area (Å²) in [5.41, 5.74) is 0.424. The molecule has 0 aromatic heterocycles. The first-order valence-electron chi connectivity index (χ1n) is 25.6. The quantitative estimate of drug-likeness (QED) is 0.0253. The summed E-state index contributed by atoms with van der Waals surface area (Å²) in [6.45, 7) is 12.2. The fourth-order valence-electron chi connectivity index (χ4n) is 11.7. The highest BCUT2D eigenvalue weighted by atomic mass is 33.1. The molecule has 0 amide bonds. The zero-order chi connectivity index (χ0) is 51.0. The number of carbonyl (C=O) groups is 4. The second-order valence-corrected chi connectivity index (χ2v) is 22.9. The fraction of sp³-hybridized carbons (Fsp3) is 0.636. The van der Waals surface area contributed by atoms with Gasteiger partial charge in [0.15, 0.2) is 5.78 Å². The molecule has 0 saturated heterocycles. The molecular weight excluding hydrogens is 950 g/mol. The molecule has 10 atom stereocenters. The van der Waals surface area contributed by atoms with E-state index in [0.29, 0.717) is 41.2 Å². The van der Waals surface area contributed by atoms with Gasteiger partial charge in [-0.05, 0) is 123 Å². The first-order valence-corrected chi connectivity index (χ1v) is 28.1. The van der Waals surface area contributed by atoms with Gasteiger partial charge in [-0.2, -0.15) is 0 Å². The summed E-state index contributed by atoms with van der Waals surface area (Å²) in [6.07, 6.45) is 8.58. The van der Waals surface area contributed by atoms with Crippen LogP contribution in [0.2, 0.25) is 0 Å². The Kier molecular flexibility index (Phi) is 21.3. The zero-order valence-corrected chi connectivity index (χ0v) is 43.8. The van der Waals surface area contributed by atoms with Crippen LogP contribution in [0.25, 0.3) is 0 Å². The lowest BCUT2D eigenvalue weighted by molar-refractivity contribution is -0.203. The van der Waals surface area contributed by atoms with Gasteiger partial charge >= 0.3 is 18.3 Å². The number of alkyl halides is 1. The third-order valence-corrected chi connectivity index (χ3v) is 18.0. The Morgan fingerprint density at radius 2 is 1.58 bits per heavy atom. The number of rotatable bonds is 27. The van der Waals surface area contributed by atoms with E-state index < -0.39 is 59.6 Å². The van der Waals surface area contributed by atoms with Gasteiger partial charge in [-0.3, -0.25) is 9.59 Å². The molecule has 0 aliphatic heterocycles. The molecule has 3 N–H and O–H groups in total. The lowest BCUT2D eigenvalue weighted by atomic mass is 9.40. The van der Waals surface area contributed by atoms with E-state index in [4.69, 9.17) is 28.4 Å². The summed E-state index contributed by atoms with van der Waals surface area (Å²) in [6, 6.07) is 15.3. The maximum atomic E-state index is 16.2. The monoisotopic (exact) mass is 1030 g/mol. The largest absolute Gasteiger partial charge is 0.513 e. The summed E-state index contributed by atoms with van der Waals surface area (Å²) in [4.78, 5) is 51.1. The van der Waals surface area contributed by atoms with E-state index in [1.807, 2.05) is 19.9 Å². The number of halogens is 1. The average Bonchev–Trinajstić information content (AvgIpc) is 3.60. The van der Waals surface area contributed by atoms with Crippen molar-refractivity contribution in [3.63, 3.8) is 0 Å². The molecule has 0 heterocycles. The molecule has 0 radical (unpaired) electrons. The first-order chi connectivity index (χ1) is 34.1. The summed E-state index contributed by atoms with van der Waals surface area (Å²) in [7, 11) is 2.83. The van der Waals surface area contributed by atoms with Crippen LogP contribution in [0.4, 0.5) is 14.0 Å². The number of benzene rings is 2. The minimum absolute atomic E-state index is 0.0129. The second-order valence-electron chi connectivity index (χ2n) is 20.2. The Labute approximate surface area is 427 Å². The molecule has 3 saturated carbocycles. The van der Waals surface area contributed by atoms with Gasteiger partial charge < -0.3 is 44.0 Å². The first kappa shape index (κ1) is 56.4. The molecule has 3 fully saturated rings. The minimum atomic E-state index is -1.35. The lowest BCUT2D eigenvalue weighted by Gasteiger charge is -2.65. The Morgan fingerprint density at radius 3 is 2.28 bits per heavy atom. The normalized spacial score (nSPS) is 27.9. The number of esters is 1. The van der Waals surface area contributed by atoms with Crippen molar-refractivity contribution in [3.8, 4) is 5.75 Å². The van der Waals surface area contributed by atoms with Crippen molar-refractivity contribution in [3.05, 3.63) is 89.0 Å². The number of allylic oxidation sites excluding steroid dienone is 4. The number of aliphatic hydroxyl groups is 2. The number of aryl methyl sites for hydroxylation is 1. The van der Waals surface area contributed by atoms with E-state index in [9.17, 15) is 29.4 Å². The molecule has 0 spiro atoms. The van der Waals surface area contributed by atoms with Crippen LogP contribution >= 0.6 is 21.6 Å². The molecule has 2 aromatic carbocycles. The molecule has 4 aliphatic rings. The van der Waals surface area contributed by atoms with E-state index in [1.165, 1.54) is 51.8 Å². The van der Waals surface area contributed by atoms with Gasteiger partial charge in [-0.25, -0.2) is 14.0 Å². The standard InChI is InChI=1S/C55H76FNO12S2/c1-6-49(61)69-50-37(2)30-42-43-33-45(56)44-32-41(59)21-22-54(44,4)55(43,5)48(34-53(42,50)3)68-52(63)66-27-29-71-70-28-26-65-51(62)67-47-20-19-39(31-40(47)36-58)46(60)35-57-23-13-9-15-25-64-24-14-8-12-18-38-16-10-7-11-17-38/h7,10-11,16-17,19-22,31-32,37,42-43,45-46,48,50,57-58,60H,6,8-9,12-15,18,23-30,33-36H2,1-5H3/t37-,42+,43+,45+,46?,48+,50-,53+,54+,55-/m1/s1. The number of hydrogen-bond donors (Lipinski definition) is 3. The van der Waals surface area contributed by atoms with Gasteiger partial charge in [0, 0.05) is 59.5 Å². The number of ether oxygens (including phenoxy) is 6. The Balaban J connectivity index is 0.856. The van der Waals surface area contributed by atoms with Crippen molar-refractivity contribution >= 4 is 45.7 Å². The van der Waals surface area contributed by atoms with E-state index in [2.05, 4.69) is 43.4 Å². The minimum Gasteiger partial charge on any atom is -0.461 e. The molecule has 6 rings (SSSR count). The number of unbranched alkanes of at least 4 members (excludes halogenated alkanes) is 4. The number of hydrogen-bond acceptors (Lipinski definition) is 15. The summed E-state index contributed by atoms with van der Waals surface area (Å²) >= 11 is 0. The van der Waals surface area contributed by atoms with Crippen LogP contribution < -0.4 is 10.1 Å². The third kappa shape index (κ3) is 14.2. The van der Waals surface area contributed by atoms with Crippen LogP contribution in [0.1, 0.15) is 122 Å². The van der Waals surface area contributed by atoms with Gasteiger partial charge in [-0.1, -0.05) is 105 Å². The highest BCUT2D eigenvalue weighted by molar-refractivity contribution is 8.76. The number of nitrogens with one attached hydrogen (secondary N) is 1. The number of carbonyl (C=O) groups excluding carboxylic acids is 4. The molecule has 13 nitrogen and oxygen atoms in total. The summed E-state index contributed by atoms with van der Waals surface area (Å²) in [5.74, 6) is 0.166. The lowest BCUT2D eigenvalue weighted by Crippen LogP contribution is -2.65. The summed E-state index contributed by atoms with van der Waals surface area (Å²) < 4.78 is 50.5. The predicted molar refractivity (Wildman–Crippen MR) is 274 cm³/mol. The van der Waals surface area contributed by atoms with Crippen LogP contribution in [0, 0.1) is 34.0 Å². The van der Waals surface area contributed by atoms with E-state index >= 15 is 4.39 Å². The molecular formula is C55H76FNO12S2. The topological polar surface area (TPSA) is 176 Å².